The summed E-state index contributed by atoms with van der Waals surface area (Å²) in [5, 5.41) is 6.37. The lowest BCUT2D eigenvalue weighted by Crippen LogP contribution is -2.12. The molecule has 11 heteroatoms. The molecule has 0 saturated carbocycles. The molecule has 4 rings (SSSR count). The van der Waals surface area contributed by atoms with Crippen LogP contribution in [0.15, 0.2) is 60.8 Å². The van der Waals surface area contributed by atoms with E-state index in [4.69, 9.17) is 9.47 Å². The minimum Gasteiger partial charge on any atom is -0.496 e. The number of ether oxygens (including phenoxy) is 2. The first-order valence-corrected chi connectivity index (χ1v) is 11.6. The smallest absolute Gasteiger partial charge is 0.249 e. The largest absolute Gasteiger partial charge is 0.496 e. The Bertz CT molecular complexity index is 1520. The van der Waals surface area contributed by atoms with E-state index in [1.807, 2.05) is 31.2 Å². The molecule has 202 valence electrons. The summed E-state index contributed by atoms with van der Waals surface area (Å²) < 4.78 is 80.2. The number of nitrogens with zero attached hydrogens (tertiary/aromatic N) is 2. The van der Waals surface area contributed by atoms with Crippen LogP contribution >= 0.6 is 0 Å². The molecule has 0 bridgehead atoms. The van der Waals surface area contributed by atoms with Gasteiger partial charge in [0, 0.05) is 23.9 Å². The van der Waals surface area contributed by atoms with E-state index in [-0.39, 0.29) is 12.4 Å². The van der Waals surface area contributed by atoms with E-state index in [1.54, 1.807) is 31.4 Å². The van der Waals surface area contributed by atoms with Crippen molar-refractivity contribution in [2.24, 2.45) is 0 Å². The van der Waals surface area contributed by atoms with Gasteiger partial charge in [-0.25, -0.2) is 22.0 Å². The first kappa shape index (κ1) is 27.4. The highest BCUT2D eigenvalue weighted by Crippen LogP contribution is 2.25. The van der Waals surface area contributed by atoms with Crippen molar-refractivity contribution in [1.29, 1.82) is 0 Å². The third kappa shape index (κ3) is 6.25. The number of hydrogen-bond acceptors (Lipinski definition) is 4. The zero-order chi connectivity index (χ0) is 28.1. The molecule has 0 saturated heterocycles. The summed E-state index contributed by atoms with van der Waals surface area (Å²) in [5.41, 5.74) is 1.38. The van der Waals surface area contributed by atoms with Crippen molar-refractivity contribution in [2.45, 2.75) is 20.1 Å². The van der Waals surface area contributed by atoms with Gasteiger partial charge in [-0.05, 0) is 42.3 Å². The van der Waals surface area contributed by atoms with Gasteiger partial charge in [-0.2, -0.15) is 5.10 Å². The van der Waals surface area contributed by atoms with E-state index < -0.39 is 47.1 Å². The van der Waals surface area contributed by atoms with Crippen LogP contribution in [0.3, 0.4) is 0 Å². The van der Waals surface area contributed by atoms with Crippen LogP contribution in [0, 0.1) is 36.0 Å². The molecule has 4 aromatic rings. The Morgan fingerprint density at radius 2 is 1.64 bits per heavy atom. The van der Waals surface area contributed by atoms with Crippen LogP contribution in [0.5, 0.6) is 11.5 Å². The minimum atomic E-state index is -2.24. The summed E-state index contributed by atoms with van der Waals surface area (Å²) in [6.07, 6.45) is 4.02. The number of aromatic nitrogens is 2. The fourth-order valence-electron chi connectivity index (χ4n) is 3.70. The maximum atomic E-state index is 13.9. The summed E-state index contributed by atoms with van der Waals surface area (Å²) >= 11 is 0. The highest BCUT2D eigenvalue weighted by molar-refractivity contribution is 6.01. The second-order valence-corrected chi connectivity index (χ2v) is 8.40. The van der Waals surface area contributed by atoms with Gasteiger partial charge in [0.1, 0.15) is 18.1 Å². The van der Waals surface area contributed by atoms with Crippen molar-refractivity contribution in [3.8, 4) is 11.5 Å². The van der Waals surface area contributed by atoms with Crippen molar-refractivity contribution in [2.75, 3.05) is 12.4 Å². The van der Waals surface area contributed by atoms with Gasteiger partial charge in [-0.15, -0.1) is 0 Å². The van der Waals surface area contributed by atoms with Crippen LogP contribution in [0.25, 0.3) is 6.08 Å². The van der Waals surface area contributed by atoms with E-state index in [9.17, 15) is 26.7 Å². The minimum absolute atomic E-state index is 0.00979. The first-order chi connectivity index (χ1) is 18.7. The van der Waals surface area contributed by atoms with Crippen LogP contribution < -0.4 is 14.8 Å². The highest BCUT2D eigenvalue weighted by Gasteiger charge is 2.26. The molecule has 0 spiro atoms. The summed E-state index contributed by atoms with van der Waals surface area (Å²) in [6.45, 7) is 1.44. The molecule has 1 amide bonds. The predicted octanol–water partition coefficient (Wildman–Crippen LogP) is 6.17. The molecule has 6 nitrogen and oxygen atoms in total. The molecule has 3 aromatic carbocycles. The van der Waals surface area contributed by atoms with Crippen LogP contribution in [0.2, 0.25) is 0 Å². The number of amides is 1. The van der Waals surface area contributed by atoms with Crippen molar-refractivity contribution >= 4 is 17.8 Å². The molecule has 0 atom stereocenters. The molecule has 0 aliphatic rings. The van der Waals surface area contributed by atoms with E-state index in [1.165, 1.54) is 18.3 Å². The quantitative estimate of drug-likeness (QED) is 0.119. The Labute approximate surface area is 220 Å². The SMILES string of the molecule is COc1ccc(/C=C/C(=O)Nc2ccn(Cc3c(F)c(F)c(F)c(F)c3F)n2)cc1COc1ccccc1C. The van der Waals surface area contributed by atoms with Crippen LogP contribution in [0.4, 0.5) is 27.8 Å². The standard InChI is InChI=1S/C28H22F5N3O3/c1-16-5-3-4-6-20(16)39-15-18-13-17(7-9-21(18)38-2)8-10-23(37)34-22-11-12-36(35-22)14-19-24(29)26(31)28(33)27(32)25(19)30/h3-13H,14-15H2,1-2H3,(H,34,35,37)/b10-8+. The zero-order valence-electron chi connectivity index (χ0n) is 20.8. The summed E-state index contributed by atoms with van der Waals surface area (Å²) in [6, 6.07) is 14.2. The second-order valence-electron chi connectivity index (χ2n) is 8.40. The average Bonchev–Trinajstić information content (AvgIpc) is 3.38. The van der Waals surface area contributed by atoms with Gasteiger partial charge in [0.25, 0.3) is 0 Å². The number of carbonyl (C=O) groups is 1. The predicted molar refractivity (Wildman–Crippen MR) is 134 cm³/mol. The fourth-order valence-corrected chi connectivity index (χ4v) is 3.70. The van der Waals surface area contributed by atoms with Gasteiger partial charge in [0.05, 0.1) is 19.2 Å². The molecule has 1 N–H and O–H groups in total. The van der Waals surface area contributed by atoms with E-state index in [2.05, 4.69) is 10.4 Å². The summed E-state index contributed by atoms with van der Waals surface area (Å²) in [5.74, 6) is -9.42. The van der Waals surface area contributed by atoms with Gasteiger partial charge in [-0.1, -0.05) is 24.3 Å². The topological polar surface area (TPSA) is 65.4 Å². The first-order valence-electron chi connectivity index (χ1n) is 11.6. The van der Waals surface area contributed by atoms with E-state index >= 15 is 0 Å². The number of nitrogens with one attached hydrogen (secondary N) is 1. The lowest BCUT2D eigenvalue weighted by Gasteiger charge is -2.12. The Kier molecular flexibility index (Phi) is 8.28. The third-order valence-electron chi connectivity index (χ3n) is 5.72. The lowest BCUT2D eigenvalue weighted by molar-refractivity contribution is -0.111. The molecule has 0 radical (unpaired) electrons. The summed E-state index contributed by atoms with van der Waals surface area (Å²) in [4.78, 5) is 12.4. The number of para-hydroxylation sites is 1. The molecule has 0 aliphatic heterocycles. The van der Waals surface area contributed by atoms with E-state index in [0.717, 1.165) is 21.6 Å². The maximum Gasteiger partial charge on any atom is 0.249 e. The van der Waals surface area contributed by atoms with Gasteiger partial charge >= 0.3 is 0 Å². The number of anilines is 1. The van der Waals surface area contributed by atoms with Crippen LogP contribution in [-0.2, 0) is 17.9 Å². The molecular weight excluding hydrogens is 521 g/mol. The fraction of sp³-hybridized carbons (Fsp3) is 0.143. The normalized spacial score (nSPS) is 11.2. The molecule has 0 unspecified atom stereocenters. The van der Waals surface area contributed by atoms with Gasteiger partial charge in [-0.3, -0.25) is 9.48 Å². The van der Waals surface area contributed by atoms with Gasteiger partial charge in [0.2, 0.25) is 11.7 Å². The van der Waals surface area contributed by atoms with E-state index in [0.29, 0.717) is 11.3 Å². The van der Waals surface area contributed by atoms with Gasteiger partial charge in [0.15, 0.2) is 29.1 Å². The Balaban J connectivity index is 1.41. The monoisotopic (exact) mass is 543 g/mol. The molecular formula is C28H22F5N3O3. The lowest BCUT2D eigenvalue weighted by atomic mass is 10.1. The Morgan fingerprint density at radius 3 is 2.33 bits per heavy atom. The molecule has 0 aliphatic carbocycles. The van der Waals surface area contributed by atoms with Crippen molar-refractivity contribution < 1.29 is 36.2 Å². The maximum absolute atomic E-state index is 13.9. The number of methoxy groups -OCH3 is 1. The number of aryl methyl sites for hydroxylation is 1. The number of hydrogen-bond donors (Lipinski definition) is 1. The summed E-state index contributed by atoms with van der Waals surface area (Å²) in [7, 11) is 1.54. The van der Waals surface area contributed by atoms with Crippen molar-refractivity contribution in [3.63, 3.8) is 0 Å². The van der Waals surface area contributed by atoms with Gasteiger partial charge < -0.3 is 14.8 Å². The molecule has 0 fully saturated rings. The average molecular weight is 543 g/mol. The Hall–Kier alpha value is -4.67. The molecule has 1 aromatic heterocycles. The van der Waals surface area contributed by atoms with Crippen LogP contribution in [0.1, 0.15) is 22.3 Å². The number of carbonyl (C=O) groups excluding carboxylic acids is 1. The third-order valence-corrected chi connectivity index (χ3v) is 5.72. The van der Waals surface area contributed by atoms with Crippen molar-refractivity contribution in [3.05, 3.63) is 112 Å². The molecule has 39 heavy (non-hydrogen) atoms. The number of rotatable bonds is 9. The van der Waals surface area contributed by atoms with Crippen molar-refractivity contribution in [1.82, 2.24) is 9.78 Å². The number of halogens is 5. The zero-order valence-corrected chi connectivity index (χ0v) is 20.8. The second kappa shape index (κ2) is 11.8. The number of benzene rings is 3. The molecule has 1 heterocycles. The Morgan fingerprint density at radius 1 is 0.949 bits per heavy atom. The highest BCUT2D eigenvalue weighted by atomic mass is 19.2. The van der Waals surface area contributed by atoms with Crippen LogP contribution in [-0.4, -0.2) is 22.8 Å².